The molecular weight excluding hydrogens is 304 g/mol. The topological polar surface area (TPSA) is 35.5 Å². The van der Waals surface area contributed by atoms with Gasteiger partial charge in [-0.25, -0.2) is 4.79 Å². The van der Waals surface area contributed by atoms with Gasteiger partial charge in [0.05, 0.1) is 5.56 Å². The van der Waals surface area contributed by atoms with Gasteiger partial charge in [-0.15, -0.1) is 0 Å². The molecule has 0 bridgehead atoms. The lowest BCUT2D eigenvalue weighted by atomic mass is 10.1. The van der Waals surface area contributed by atoms with Gasteiger partial charge in [0, 0.05) is 15.5 Å². The molecule has 0 amide bonds. The fourth-order valence-corrected chi connectivity index (χ4v) is 8.00. The molecule has 122 valence electrons. The van der Waals surface area contributed by atoms with E-state index in [1.54, 1.807) is 0 Å². The van der Waals surface area contributed by atoms with Crippen molar-refractivity contribution in [3.8, 4) is 5.75 Å². The molecule has 0 saturated carbocycles. The third kappa shape index (κ3) is 2.27. The van der Waals surface area contributed by atoms with Gasteiger partial charge in [0.1, 0.15) is 5.75 Å². The van der Waals surface area contributed by atoms with E-state index >= 15 is 0 Å². The molecule has 4 heteroatoms. The second-order valence-electron chi connectivity index (χ2n) is 8.27. The van der Waals surface area contributed by atoms with E-state index in [1.165, 1.54) is 0 Å². The highest BCUT2D eigenvalue weighted by atomic mass is 28.4. The zero-order valence-corrected chi connectivity index (χ0v) is 15.7. The number of fused-ring (bicyclic) bond motifs is 3. The van der Waals surface area contributed by atoms with E-state index in [-0.39, 0.29) is 16.0 Å². The normalized spacial score (nSPS) is 17.4. The highest BCUT2D eigenvalue weighted by Gasteiger charge is 2.65. The van der Waals surface area contributed by atoms with Gasteiger partial charge in [-0.2, -0.15) is 0 Å². The molecular formula is C19H24O3Si. The van der Waals surface area contributed by atoms with Crippen LogP contribution in [0.1, 0.15) is 51.9 Å². The molecule has 1 aliphatic heterocycles. The van der Waals surface area contributed by atoms with E-state index in [0.717, 1.165) is 10.8 Å². The Labute approximate surface area is 138 Å². The molecule has 0 unspecified atom stereocenters. The predicted molar refractivity (Wildman–Crippen MR) is 95.2 cm³/mol. The number of carbonyl (C=O) groups excluding carboxylic acids is 1. The van der Waals surface area contributed by atoms with E-state index in [1.807, 2.05) is 36.4 Å². The number of hydrogen-bond acceptors (Lipinski definition) is 3. The Morgan fingerprint density at radius 2 is 1.43 bits per heavy atom. The van der Waals surface area contributed by atoms with Crippen LogP contribution in [0.25, 0.3) is 10.8 Å². The van der Waals surface area contributed by atoms with Crippen LogP contribution in [0.5, 0.6) is 5.75 Å². The summed E-state index contributed by atoms with van der Waals surface area (Å²) in [5.41, 5.74) is 0.528. The van der Waals surface area contributed by atoms with Gasteiger partial charge in [-0.05, 0) is 11.5 Å². The van der Waals surface area contributed by atoms with Gasteiger partial charge in [-0.1, -0.05) is 71.9 Å². The van der Waals surface area contributed by atoms with Crippen molar-refractivity contribution >= 4 is 25.3 Å². The second kappa shape index (κ2) is 4.84. The van der Waals surface area contributed by atoms with Crippen LogP contribution in [0.4, 0.5) is 0 Å². The van der Waals surface area contributed by atoms with Crippen molar-refractivity contribution in [3.63, 3.8) is 0 Å². The Morgan fingerprint density at radius 1 is 0.826 bits per heavy atom. The smallest absolute Gasteiger partial charge is 0.473 e. The first-order valence-corrected chi connectivity index (χ1v) is 9.83. The average Bonchev–Trinajstić information content (AvgIpc) is 2.44. The summed E-state index contributed by atoms with van der Waals surface area (Å²) in [6.07, 6.45) is 0. The van der Waals surface area contributed by atoms with Crippen LogP contribution in [-0.2, 0) is 4.43 Å². The molecule has 0 atom stereocenters. The highest BCUT2D eigenvalue weighted by molar-refractivity contribution is 6.76. The van der Waals surface area contributed by atoms with Crippen molar-refractivity contribution in [1.82, 2.24) is 0 Å². The lowest BCUT2D eigenvalue weighted by Gasteiger charge is -2.49. The molecule has 0 aliphatic carbocycles. The van der Waals surface area contributed by atoms with Crippen molar-refractivity contribution < 1.29 is 13.6 Å². The van der Waals surface area contributed by atoms with E-state index < -0.39 is 8.56 Å². The van der Waals surface area contributed by atoms with Crippen LogP contribution in [0.2, 0.25) is 10.1 Å². The van der Waals surface area contributed by atoms with Crippen LogP contribution >= 0.6 is 0 Å². The van der Waals surface area contributed by atoms with Gasteiger partial charge >= 0.3 is 14.5 Å². The highest BCUT2D eigenvalue weighted by Crippen LogP contribution is 2.55. The molecule has 2 aromatic carbocycles. The summed E-state index contributed by atoms with van der Waals surface area (Å²) in [4.78, 5) is 12.8. The van der Waals surface area contributed by atoms with Crippen LogP contribution in [0, 0.1) is 0 Å². The molecule has 1 aliphatic rings. The van der Waals surface area contributed by atoms with Crippen LogP contribution in [0.3, 0.4) is 0 Å². The molecule has 3 rings (SSSR count). The Kier molecular flexibility index (Phi) is 3.38. The third-order valence-corrected chi connectivity index (χ3v) is 9.47. The average molecular weight is 328 g/mol. The monoisotopic (exact) mass is 328 g/mol. The van der Waals surface area contributed by atoms with Gasteiger partial charge in [0.2, 0.25) is 0 Å². The van der Waals surface area contributed by atoms with E-state index in [4.69, 9.17) is 8.85 Å². The van der Waals surface area contributed by atoms with Gasteiger partial charge in [-0.3, -0.25) is 0 Å². The molecule has 0 saturated heterocycles. The van der Waals surface area contributed by atoms with Crippen molar-refractivity contribution in [2.24, 2.45) is 0 Å². The molecule has 0 radical (unpaired) electrons. The summed E-state index contributed by atoms with van der Waals surface area (Å²) in [7, 11) is -2.87. The summed E-state index contributed by atoms with van der Waals surface area (Å²) in [5.74, 6) is 0.435. The molecule has 0 fully saturated rings. The number of hydrogen-bond donors (Lipinski definition) is 0. The first-order chi connectivity index (χ1) is 10.6. The minimum Gasteiger partial charge on any atom is -0.510 e. The summed E-state index contributed by atoms with van der Waals surface area (Å²) in [5, 5.41) is 1.57. The van der Waals surface area contributed by atoms with Crippen molar-refractivity contribution in [2.45, 2.75) is 51.6 Å². The van der Waals surface area contributed by atoms with Crippen LogP contribution in [-0.4, -0.2) is 14.5 Å². The largest absolute Gasteiger partial charge is 0.510 e. The standard InChI is InChI=1S/C19H24O3Si/c1-18(2,3)23(19(4,5)6)21-16-14-10-8-7-9-13(14)11-12-15(16)17(20)22-23/h7-12H,1-6H3. The Bertz CT molecular complexity index is 767. The summed E-state index contributed by atoms with van der Waals surface area (Å²) in [6, 6.07) is 11.8. The van der Waals surface area contributed by atoms with Crippen LogP contribution in [0.15, 0.2) is 36.4 Å². The SMILES string of the molecule is CC(C)(C)[Si]1(C(C)(C)C)OC(=O)c2ccc3ccccc3c2O1. The van der Waals surface area contributed by atoms with Crippen molar-refractivity contribution in [3.05, 3.63) is 42.0 Å². The van der Waals surface area contributed by atoms with Crippen molar-refractivity contribution in [2.75, 3.05) is 0 Å². The molecule has 3 nitrogen and oxygen atoms in total. The fourth-order valence-electron chi connectivity index (χ4n) is 3.60. The minimum absolute atomic E-state index is 0.241. The van der Waals surface area contributed by atoms with Crippen molar-refractivity contribution in [1.29, 1.82) is 0 Å². The summed E-state index contributed by atoms with van der Waals surface area (Å²) >= 11 is 0. The summed E-state index contributed by atoms with van der Waals surface area (Å²) in [6.45, 7) is 12.6. The third-order valence-electron chi connectivity index (χ3n) is 4.56. The van der Waals surface area contributed by atoms with Gasteiger partial charge < -0.3 is 8.85 Å². The Morgan fingerprint density at radius 3 is 2.04 bits per heavy atom. The predicted octanol–water partition coefficient (Wildman–Crippen LogP) is 5.43. The maximum absolute atomic E-state index is 12.8. The van der Waals surface area contributed by atoms with Crippen LogP contribution < -0.4 is 4.43 Å². The van der Waals surface area contributed by atoms with E-state index in [2.05, 4.69) is 41.5 Å². The maximum Gasteiger partial charge on any atom is 0.473 e. The summed E-state index contributed by atoms with van der Waals surface area (Å²) < 4.78 is 12.7. The lowest BCUT2D eigenvalue weighted by Crippen LogP contribution is -2.62. The first kappa shape index (κ1) is 16.1. The quantitative estimate of drug-likeness (QED) is 0.605. The Balaban J connectivity index is 2.30. The molecule has 0 spiro atoms. The molecule has 0 N–H and O–H groups in total. The molecule has 23 heavy (non-hydrogen) atoms. The number of rotatable bonds is 0. The fraction of sp³-hybridized carbons (Fsp3) is 0.421. The van der Waals surface area contributed by atoms with E-state index in [9.17, 15) is 4.79 Å². The van der Waals surface area contributed by atoms with E-state index in [0.29, 0.717) is 11.3 Å². The molecule has 1 heterocycles. The second-order valence-corrected chi connectivity index (χ2v) is 12.9. The number of benzene rings is 2. The zero-order chi connectivity index (χ0) is 17.0. The molecule has 0 aromatic heterocycles. The van der Waals surface area contributed by atoms with Gasteiger partial charge in [0.25, 0.3) is 0 Å². The van der Waals surface area contributed by atoms with Gasteiger partial charge in [0.15, 0.2) is 0 Å². The maximum atomic E-state index is 12.8. The zero-order valence-electron chi connectivity index (χ0n) is 14.7. The number of carbonyl (C=O) groups is 1. The first-order valence-electron chi connectivity index (χ1n) is 8.01. The molecule has 2 aromatic rings. The lowest BCUT2D eigenvalue weighted by molar-refractivity contribution is 0.0606. The minimum atomic E-state index is -2.87. The Hall–Kier alpha value is -1.81.